The van der Waals surface area contributed by atoms with Gasteiger partial charge in [0.1, 0.15) is 5.82 Å². The first kappa shape index (κ1) is 21.5. The maximum absolute atomic E-state index is 13.1. The number of hydrogen-bond acceptors (Lipinski definition) is 5. The summed E-state index contributed by atoms with van der Waals surface area (Å²) in [6.07, 6.45) is 0.726. The standard InChI is InChI=1S/C23H19FN2O5S/c24-17-9-11-18(12-10-17)32(29,30)25-20-7-3-2-6-19(20)23(28)31-15-22(27)26-14-13-16-5-1-4-8-21(16)26/h1-12,25H,13-15H2. The zero-order valence-corrected chi connectivity index (χ0v) is 17.6. The van der Waals surface area contributed by atoms with Crippen LogP contribution < -0.4 is 9.62 Å². The lowest BCUT2D eigenvalue weighted by atomic mass is 10.2. The first-order valence-corrected chi connectivity index (χ1v) is 11.3. The van der Waals surface area contributed by atoms with E-state index >= 15 is 0 Å². The molecule has 0 saturated heterocycles. The van der Waals surface area contributed by atoms with Crippen LogP contribution in [0.4, 0.5) is 15.8 Å². The molecule has 0 atom stereocenters. The Labute approximate surface area is 184 Å². The predicted molar refractivity (Wildman–Crippen MR) is 116 cm³/mol. The van der Waals surface area contributed by atoms with Crippen molar-refractivity contribution in [1.29, 1.82) is 0 Å². The molecule has 0 saturated carbocycles. The second-order valence-electron chi connectivity index (χ2n) is 7.11. The number of ether oxygens (including phenoxy) is 1. The van der Waals surface area contributed by atoms with Crippen molar-refractivity contribution in [3.05, 3.63) is 89.7 Å². The summed E-state index contributed by atoms with van der Waals surface area (Å²) in [4.78, 5) is 26.6. The molecule has 7 nitrogen and oxygen atoms in total. The highest BCUT2D eigenvalue weighted by Crippen LogP contribution is 2.27. The molecule has 1 amide bonds. The van der Waals surface area contributed by atoms with Gasteiger partial charge in [0.15, 0.2) is 6.61 Å². The number of anilines is 2. The first-order valence-electron chi connectivity index (χ1n) is 9.78. The van der Waals surface area contributed by atoms with E-state index in [1.807, 2.05) is 24.3 Å². The van der Waals surface area contributed by atoms with E-state index in [-0.39, 0.29) is 22.1 Å². The molecule has 3 aromatic carbocycles. The molecule has 9 heteroatoms. The Morgan fingerprint density at radius 3 is 2.44 bits per heavy atom. The minimum Gasteiger partial charge on any atom is -0.452 e. The maximum Gasteiger partial charge on any atom is 0.340 e. The molecule has 0 fully saturated rings. The highest BCUT2D eigenvalue weighted by Gasteiger charge is 2.26. The van der Waals surface area contributed by atoms with Gasteiger partial charge >= 0.3 is 5.97 Å². The van der Waals surface area contributed by atoms with Crippen molar-refractivity contribution in [1.82, 2.24) is 0 Å². The largest absolute Gasteiger partial charge is 0.452 e. The third kappa shape index (κ3) is 4.47. The van der Waals surface area contributed by atoms with Gasteiger partial charge < -0.3 is 9.64 Å². The van der Waals surface area contributed by atoms with E-state index in [0.29, 0.717) is 6.54 Å². The number of hydrogen-bond donors (Lipinski definition) is 1. The number of amides is 1. The average Bonchev–Trinajstić information content (AvgIpc) is 3.22. The summed E-state index contributed by atoms with van der Waals surface area (Å²) in [7, 11) is -4.06. The topological polar surface area (TPSA) is 92.8 Å². The maximum atomic E-state index is 13.1. The molecule has 0 spiro atoms. The SMILES string of the molecule is O=C(OCC(=O)N1CCc2ccccc21)c1ccccc1NS(=O)(=O)c1ccc(F)cc1. The zero-order valence-electron chi connectivity index (χ0n) is 16.8. The Morgan fingerprint density at radius 2 is 1.66 bits per heavy atom. The van der Waals surface area contributed by atoms with Crippen molar-refractivity contribution in [3.8, 4) is 0 Å². The first-order chi connectivity index (χ1) is 15.3. The fourth-order valence-corrected chi connectivity index (χ4v) is 4.53. The number of nitrogens with zero attached hydrogens (tertiary/aromatic N) is 1. The number of carbonyl (C=O) groups is 2. The van der Waals surface area contributed by atoms with Crippen molar-refractivity contribution in [2.24, 2.45) is 0 Å². The van der Waals surface area contributed by atoms with E-state index in [4.69, 9.17) is 4.74 Å². The van der Waals surface area contributed by atoms with Crippen molar-refractivity contribution in [2.75, 3.05) is 22.8 Å². The number of esters is 1. The van der Waals surface area contributed by atoms with E-state index in [2.05, 4.69) is 4.72 Å². The molecule has 3 aromatic rings. The molecular formula is C23H19FN2O5S. The normalized spacial score (nSPS) is 12.8. The molecule has 4 rings (SSSR count). The Morgan fingerprint density at radius 1 is 0.969 bits per heavy atom. The number of para-hydroxylation sites is 2. The highest BCUT2D eigenvalue weighted by atomic mass is 32.2. The Hall–Kier alpha value is -3.72. The number of benzene rings is 3. The number of carbonyl (C=O) groups excluding carboxylic acids is 2. The summed E-state index contributed by atoms with van der Waals surface area (Å²) < 4.78 is 45.8. The van der Waals surface area contributed by atoms with E-state index in [1.165, 1.54) is 12.1 Å². The van der Waals surface area contributed by atoms with Gasteiger partial charge in [-0.25, -0.2) is 17.6 Å². The van der Waals surface area contributed by atoms with Gasteiger partial charge in [-0.3, -0.25) is 9.52 Å². The van der Waals surface area contributed by atoms with Gasteiger partial charge in [-0.05, 0) is 54.4 Å². The number of sulfonamides is 1. The number of rotatable bonds is 6. The van der Waals surface area contributed by atoms with Crippen LogP contribution in [0.15, 0.2) is 77.7 Å². The van der Waals surface area contributed by atoms with E-state index in [0.717, 1.165) is 41.9 Å². The van der Waals surface area contributed by atoms with Crippen molar-refractivity contribution in [2.45, 2.75) is 11.3 Å². The molecule has 0 radical (unpaired) electrons. The molecule has 0 unspecified atom stereocenters. The van der Waals surface area contributed by atoms with Crippen LogP contribution in [0.1, 0.15) is 15.9 Å². The Bertz CT molecular complexity index is 1280. The smallest absolute Gasteiger partial charge is 0.340 e. The van der Waals surface area contributed by atoms with Gasteiger partial charge in [-0.1, -0.05) is 30.3 Å². The molecule has 1 heterocycles. The molecule has 0 aromatic heterocycles. The van der Waals surface area contributed by atoms with Gasteiger partial charge in [-0.15, -0.1) is 0 Å². The minimum atomic E-state index is -4.06. The third-order valence-electron chi connectivity index (χ3n) is 5.03. The predicted octanol–water partition coefficient (Wildman–Crippen LogP) is 3.37. The third-order valence-corrected chi connectivity index (χ3v) is 6.41. The molecule has 1 aliphatic heterocycles. The van der Waals surface area contributed by atoms with E-state index in [9.17, 15) is 22.4 Å². The van der Waals surface area contributed by atoms with Gasteiger partial charge in [0, 0.05) is 12.2 Å². The van der Waals surface area contributed by atoms with Crippen LogP contribution >= 0.6 is 0 Å². The Balaban J connectivity index is 1.46. The van der Waals surface area contributed by atoms with E-state index < -0.39 is 28.4 Å². The monoisotopic (exact) mass is 454 g/mol. The quantitative estimate of drug-likeness (QED) is 0.577. The van der Waals surface area contributed by atoms with Crippen LogP contribution in [-0.2, 0) is 26.0 Å². The fourth-order valence-electron chi connectivity index (χ4n) is 3.45. The summed E-state index contributed by atoms with van der Waals surface area (Å²) in [5, 5.41) is 0. The van der Waals surface area contributed by atoms with E-state index in [1.54, 1.807) is 17.0 Å². The minimum absolute atomic E-state index is 0.0132. The molecule has 1 N–H and O–H groups in total. The lowest BCUT2D eigenvalue weighted by Gasteiger charge is -2.17. The van der Waals surface area contributed by atoms with Crippen LogP contribution in [0.5, 0.6) is 0 Å². The van der Waals surface area contributed by atoms with Crippen molar-refractivity contribution < 1.29 is 27.1 Å². The molecule has 0 bridgehead atoms. The van der Waals surface area contributed by atoms with Crippen LogP contribution in [0.25, 0.3) is 0 Å². The Kier molecular flexibility index (Phi) is 5.91. The van der Waals surface area contributed by atoms with Crippen molar-refractivity contribution >= 4 is 33.3 Å². The van der Waals surface area contributed by atoms with Crippen LogP contribution in [0, 0.1) is 5.82 Å². The zero-order chi connectivity index (χ0) is 22.7. The number of fused-ring (bicyclic) bond motifs is 1. The van der Waals surface area contributed by atoms with Gasteiger partial charge in [-0.2, -0.15) is 0 Å². The lowest BCUT2D eigenvalue weighted by Crippen LogP contribution is -2.33. The summed E-state index contributed by atoms with van der Waals surface area (Å²) in [6.45, 7) is 0.0238. The fraction of sp³-hybridized carbons (Fsp3) is 0.130. The lowest BCUT2D eigenvalue weighted by molar-refractivity contribution is -0.121. The number of halogens is 1. The van der Waals surface area contributed by atoms with Crippen LogP contribution in [-0.4, -0.2) is 33.4 Å². The van der Waals surface area contributed by atoms with Gasteiger partial charge in [0.05, 0.1) is 16.1 Å². The highest BCUT2D eigenvalue weighted by molar-refractivity contribution is 7.92. The molecule has 32 heavy (non-hydrogen) atoms. The molecule has 0 aliphatic carbocycles. The summed E-state index contributed by atoms with van der Waals surface area (Å²) in [6, 6.07) is 17.7. The summed E-state index contributed by atoms with van der Waals surface area (Å²) >= 11 is 0. The summed E-state index contributed by atoms with van der Waals surface area (Å²) in [5.74, 6) is -1.78. The second kappa shape index (κ2) is 8.80. The second-order valence-corrected chi connectivity index (χ2v) is 8.79. The molecule has 1 aliphatic rings. The van der Waals surface area contributed by atoms with Crippen LogP contribution in [0.2, 0.25) is 0 Å². The average molecular weight is 454 g/mol. The molecular weight excluding hydrogens is 435 g/mol. The number of nitrogens with one attached hydrogen (secondary N) is 1. The summed E-state index contributed by atoms with van der Waals surface area (Å²) in [5.41, 5.74) is 1.78. The van der Waals surface area contributed by atoms with Gasteiger partial charge in [0.2, 0.25) is 0 Å². The van der Waals surface area contributed by atoms with Crippen molar-refractivity contribution in [3.63, 3.8) is 0 Å². The molecule has 164 valence electrons. The van der Waals surface area contributed by atoms with Gasteiger partial charge in [0.25, 0.3) is 15.9 Å². The van der Waals surface area contributed by atoms with Crippen LogP contribution in [0.3, 0.4) is 0 Å².